The summed E-state index contributed by atoms with van der Waals surface area (Å²) in [6, 6.07) is 0. The van der Waals surface area contributed by atoms with E-state index in [-0.39, 0.29) is 17.4 Å². The number of nitrogens with zero attached hydrogens (tertiary/aromatic N) is 2. The number of hydrogen-bond acceptors (Lipinski definition) is 3. The van der Waals surface area contributed by atoms with Crippen LogP contribution in [0, 0.1) is 0 Å². The Morgan fingerprint density at radius 2 is 2.67 bits per heavy atom. The second-order valence-electron chi connectivity index (χ2n) is 1.61. The second-order valence-corrected chi connectivity index (χ2v) is 2.03. The van der Waals surface area contributed by atoms with Crippen molar-refractivity contribution in [1.82, 2.24) is 5.01 Å². The topological polar surface area (TPSA) is 58.7 Å². The molecule has 0 bridgehead atoms. The molecule has 0 aromatic rings. The summed E-state index contributed by atoms with van der Waals surface area (Å²) in [5, 5.41) is 5.02. The minimum atomic E-state index is -0.0669. The van der Waals surface area contributed by atoms with Gasteiger partial charge in [-0.3, -0.25) is 4.79 Å². The smallest absolute Gasteiger partial charge is 0.197 e. The molecule has 0 saturated heterocycles. The molecule has 0 radical (unpaired) electrons. The van der Waals surface area contributed by atoms with Crippen LogP contribution in [-0.4, -0.2) is 28.7 Å². The number of hydrogen-bond donors (Lipinski definition) is 1. The molecular formula is C4H5N3OS. The number of rotatable bonds is 0. The fourth-order valence-electron chi connectivity index (χ4n) is 0.498. The number of ketones is 1. The molecule has 2 N–H and O–H groups in total. The summed E-state index contributed by atoms with van der Waals surface area (Å²) in [7, 11) is 0. The molecule has 0 fully saturated rings. The highest BCUT2D eigenvalue weighted by Gasteiger charge is 2.14. The van der Waals surface area contributed by atoms with Gasteiger partial charge in [-0.1, -0.05) is 0 Å². The number of carbonyl (C=O) groups excluding carboxylic acids is 1. The molecule has 1 aliphatic heterocycles. The predicted octanol–water partition coefficient (Wildman–Crippen LogP) is -0.899. The Morgan fingerprint density at radius 1 is 2.00 bits per heavy atom. The average molecular weight is 143 g/mol. The van der Waals surface area contributed by atoms with E-state index in [4.69, 9.17) is 5.73 Å². The van der Waals surface area contributed by atoms with Gasteiger partial charge in [0, 0.05) is 0 Å². The number of thiocarbonyl (C=S) groups is 1. The monoisotopic (exact) mass is 143 g/mol. The van der Waals surface area contributed by atoms with Gasteiger partial charge in [0.1, 0.15) is 6.54 Å². The SMILES string of the molecule is NC(=S)N1CC(=O)C=N1. The van der Waals surface area contributed by atoms with E-state index in [1.165, 1.54) is 11.2 Å². The van der Waals surface area contributed by atoms with Gasteiger partial charge in [0.25, 0.3) is 0 Å². The number of nitrogens with two attached hydrogens (primary N) is 1. The lowest BCUT2D eigenvalue weighted by molar-refractivity contribution is -0.111. The van der Waals surface area contributed by atoms with Gasteiger partial charge in [-0.05, 0) is 12.2 Å². The lowest BCUT2D eigenvalue weighted by Crippen LogP contribution is -2.30. The van der Waals surface area contributed by atoms with E-state index >= 15 is 0 Å². The molecule has 0 amide bonds. The molecule has 4 nitrogen and oxygen atoms in total. The van der Waals surface area contributed by atoms with Crippen molar-refractivity contribution in [2.45, 2.75) is 0 Å². The van der Waals surface area contributed by atoms with Crippen LogP contribution in [0.5, 0.6) is 0 Å². The first kappa shape index (κ1) is 6.15. The Kier molecular flexibility index (Phi) is 1.44. The largest absolute Gasteiger partial charge is 0.375 e. The first-order valence-corrected chi connectivity index (χ1v) is 2.75. The zero-order valence-corrected chi connectivity index (χ0v) is 5.39. The summed E-state index contributed by atoms with van der Waals surface area (Å²) >= 11 is 4.55. The summed E-state index contributed by atoms with van der Waals surface area (Å²) < 4.78 is 0. The lowest BCUT2D eigenvalue weighted by Gasteiger charge is -2.07. The highest BCUT2D eigenvalue weighted by Crippen LogP contribution is 1.94. The van der Waals surface area contributed by atoms with Crippen molar-refractivity contribution in [2.75, 3.05) is 6.54 Å². The van der Waals surface area contributed by atoms with Crippen molar-refractivity contribution in [3.63, 3.8) is 0 Å². The Bertz CT molecular complexity index is 188. The third-order valence-corrected chi connectivity index (χ3v) is 1.11. The summed E-state index contributed by atoms with van der Waals surface area (Å²) in [6.45, 7) is 0.190. The second kappa shape index (κ2) is 2.10. The first-order chi connectivity index (χ1) is 4.20. The van der Waals surface area contributed by atoms with Gasteiger partial charge < -0.3 is 5.73 Å². The summed E-state index contributed by atoms with van der Waals surface area (Å²) in [6.07, 6.45) is 1.21. The maximum Gasteiger partial charge on any atom is 0.197 e. The first-order valence-electron chi connectivity index (χ1n) is 2.34. The zero-order valence-electron chi connectivity index (χ0n) is 4.57. The summed E-state index contributed by atoms with van der Waals surface area (Å²) in [4.78, 5) is 10.5. The fourth-order valence-corrected chi connectivity index (χ4v) is 0.610. The third-order valence-electron chi connectivity index (χ3n) is 0.901. The van der Waals surface area contributed by atoms with Gasteiger partial charge in [0.05, 0.1) is 6.21 Å². The molecule has 5 heteroatoms. The van der Waals surface area contributed by atoms with Gasteiger partial charge in [0.2, 0.25) is 0 Å². The lowest BCUT2D eigenvalue weighted by atomic mass is 10.4. The zero-order chi connectivity index (χ0) is 6.85. The van der Waals surface area contributed by atoms with E-state index in [1.54, 1.807) is 0 Å². The molecule has 1 rings (SSSR count). The molecule has 0 spiro atoms. The molecular weight excluding hydrogens is 138 g/mol. The minimum Gasteiger partial charge on any atom is -0.375 e. The van der Waals surface area contributed by atoms with Crippen molar-refractivity contribution in [3.8, 4) is 0 Å². The molecule has 9 heavy (non-hydrogen) atoms. The number of carbonyl (C=O) groups is 1. The normalized spacial score (nSPS) is 16.9. The van der Waals surface area contributed by atoms with Crippen LogP contribution in [0.3, 0.4) is 0 Å². The Balaban J connectivity index is 2.60. The van der Waals surface area contributed by atoms with Gasteiger partial charge >= 0.3 is 0 Å². The van der Waals surface area contributed by atoms with Gasteiger partial charge in [0.15, 0.2) is 10.9 Å². The predicted molar refractivity (Wildman–Crippen MR) is 37.0 cm³/mol. The highest BCUT2D eigenvalue weighted by atomic mass is 32.1. The van der Waals surface area contributed by atoms with Crippen LogP contribution in [0.2, 0.25) is 0 Å². The van der Waals surface area contributed by atoms with Crippen molar-refractivity contribution < 1.29 is 4.79 Å². The molecule has 48 valence electrons. The quantitative estimate of drug-likeness (QED) is 0.446. The molecule has 0 saturated carbocycles. The van der Waals surface area contributed by atoms with Crippen molar-refractivity contribution in [3.05, 3.63) is 0 Å². The molecule has 0 aromatic carbocycles. The van der Waals surface area contributed by atoms with Crippen LogP contribution in [0.1, 0.15) is 0 Å². The molecule has 1 aliphatic rings. The van der Waals surface area contributed by atoms with Crippen LogP contribution in [0.4, 0.5) is 0 Å². The Hall–Kier alpha value is -0.970. The van der Waals surface area contributed by atoms with E-state index in [9.17, 15) is 4.79 Å². The summed E-state index contributed by atoms with van der Waals surface area (Å²) in [5.74, 6) is -0.0669. The van der Waals surface area contributed by atoms with Gasteiger partial charge in [-0.2, -0.15) is 5.10 Å². The van der Waals surface area contributed by atoms with Crippen LogP contribution < -0.4 is 5.73 Å². The molecule has 0 aliphatic carbocycles. The van der Waals surface area contributed by atoms with E-state index < -0.39 is 0 Å². The van der Waals surface area contributed by atoms with Crippen molar-refractivity contribution in [1.29, 1.82) is 0 Å². The molecule has 1 heterocycles. The molecule has 0 unspecified atom stereocenters. The van der Waals surface area contributed by atoms with E-state index in [1.807, 2.05) is 0 Å². The average Bonchev–Trinajstić information content (AvgIpc) is 2.14. The van der Waals surface area contributed by atoms with Gasteiger partial charge in [-0.25, -0.2) is 5.01 Å². The van der Waals surface area contributed by atoms with E-state index in [0.717, 1.165) is 0 Å². The number of Topliss-reactive ketones (excluding diaryl/α,β-unsaturated/α-hetero) is 1. The maximum atomic E-state index is 10.5. The van der Waals surface area contributed by atoms with Gasteiger partial charge in [-0.15, -0.1) is 0 Å². The van der Waals surface area contributed by atoms with Crippen LogP contribution in [-0.2, 0) is 4.79 Å². The number of hydrazone groups is 1. The van der Waals surface area contributed by atoms with Crippen LogP contribution in [0.15, 0.2) is 5.10 Å². The van der Waals surface area contributed by atoms with Crippen molar-refractivity contribution in [2.24, 2.45) is 10.8 Å². The van der Waals surface area contributed by atoms with E-state index in [0.29, 0.717) is 0 Å². The Labute approximate surface area is 57.3 Å². The molecule has 0 aromatic heterocycles. The molecule has 0 atom stereocenters. The fraction of sp³-hybridized carbons (Fsp3) is 0.250. The summed E-state index contributed by atoms with van der Waals surface area (Å²) in [5.41, 5.74) is 5.15. The van der Waals surface area contributed by atoms with Crippen molar-refractivity contribution >= 4 is 29.3 Å². The maximum absolute atomic E-state index is 10.5. The Morgan fingerprint density at radius 3 is 2.89 bits per heavy atom. The van der Waals surface area contributed by atoms with Crippen LogP contribution >= 0.6 is 12.2 Å². The van der Waals surface area contributed by atoms with Crippen LogP contribution in [0.25, 0.3) is 0 Å². The standard InChI is InChI=1S/C4H5N3OS/c5-4(9)7-2-3(8)1-6-7/h1H,2H2,(H2,5,9). The highest BCUT2D eigenvalue weighted by molar-refractivity contribution is 7.80. The minimum absolute atomic E-state index is 0.0669. The van der Waals surface area contributed by atoms with E-state index in [2.05, 4.69) is 17.3 Å². The third kappa shape index (κ3) is 1.23.